The molecule has 0 aliphatic heterocycles. The first-order valence-corrected chi connectivity index (χ1v) is 4.97. The van der Waals surface area contributed by atoms with Crippen LogP contribution in [0.15, 0.2) is 0 Å². The van der Waals surface area contributed by atoms with Crippen molar-refractivity contribution in [3.05, 3.63) is 0 Å². The van der Waals surface area contributed by atoms with Gasteiger partial charge in [0.05, 0.1) is 6.54 Å². The minimum atomic E-state index is -3.94. The molecule has 1 unspecified atom stereocenters. The molecule has 0 heterocycles. The highest BCUT2D eigenvalue weighted by atomic mass is 19.3. The standard InChI is InChI=1S/C9H18F4N2/c1-7(3-2-4-14)5-15-6-9(12,13)8(10)11/h7-8,15H,2-6,14H2,1H3. The zero-order valence-corrected chi connectivity index (χ0v) is 8.78. The second kappa shape index (κ2) is 7.00. The molecule has 0 bridgehead atoms. The van der Waals surface area contributed by atoms with E-state index in [4.69, 9.17) is 5.73 Å². The number of nitrogens with two attached hydrogens (primary N) is 1. The number of hydrogen-bond acceptors (Lipinski definition) is 2. The average molecular weight is 230 g/mol. The van der Waals surface area contributed by atoms with Gasteiger partial charge in [0.1, 0.15) is 0 Å². The summed E-state index contributed by atoms with van der Waals surface area (Å²) in [5.74, 6) is -3.77. The second-order valence-electron chi connectivity index (χ2n) is 3.73. The zero-order chi connectivity index (χ0) is 11.9. The summed E-state index contributed by atoms with van der Waals surface area (Å²) in [7, 11) is 0. The molecule has 3 N–H and O–H groups in total. The van der Waals surface area contributed by atoms with E-state index in [-0.39, 0.29) is 5.92 Å². The zero-order valence-electron chi connectivity index (χ0n) is 8.78. The maximum atomic E-state index is 12.4. The fourth-order valence-electron chi connectivity index (χ4n) is 1.13. The molecule has 0 spiro atoms. The van der Waals surface area contributed by atoms with E-state index in [1.807, 2.05) is 6.92 Å². The predicted molar refractivity (Wildman–Crippen MR) is 51.3 cm³/mol. The minimum Gasteiger partial charge on any atom is -0.330 e. The Morgan fingerprint density at radius 2 is 1.93 bits per heavy atom. The summed E-state index contributed by atoms with van der Waals surface area (Å²) in [6.07, 6.45) is -1.98. The normalized spacial score (nSPS) is 14.6. The quantitative estimate of drug-likeness (QED) is 0.624. The number of nitrogens with one attached hydrogen (secondary N) is 1. The lowest BCUT2D eigenvalue weighted by Crippen LogP contribution is -2.40. The van der Waals surface area contributed by atoms with Gasteiger partial charge in [-0.25, -0.2) is 8.78 Å². The Hall–Kier alpha value is -0.360. The number of alkyl halides is 4. The van der Waals surface area contributed by atoms with Crippen LogP contribution in [-0.2, 0) is 0 Å². The van der Waals surface area contributed by atoms with E-state index in [9.17, 15) is 17.6 Å². The molecule has 0 aromatic carbocycles. The van der Waals surface area contributed by atoms with Crippen molar-refractivity contribution in [2.24, 2.45) is 11.7 Å². The molecule has 0 aromatic rings. The third-order valence-corrected chi connectivity index (χ3v) is 2.07. The van der Waals surface area contributed by atoms with E-state index in [2.05, 4.69) is 5.32 Å². The summed E-state index contributed by atoms with van der Waals surface area (Å²) < 4.78 is 48.3. The van der Waals surface area contributed by atoms with E-state index in [1.165, 1.54) is 0 Å². The molecule has 0 rings (SSSR count). The van der Waals surface area contributed by atoms with Crippen LogP contribution in [0.4, 0.5) is 17.6 Å². The van der Waals surface area contributed by atoms with Crippen molar-refractivity contribution >= 4 is 0 Å². The van der Waals surface area contributed by atoms with Gasteiger partial charge in [-0.15, -0.1) is 0 Å². The summed E-state index contributed by atoms with van der Waals surface area (Å²) in [5.41, 5.74) is 5.27. The molecule has 6 heteroatoms. The monoisotopic (exact) mass is 230 g/mol. The van der Waals surface area contributed by atoms with Crippen LogP contribution in [0.2, 0.25) is 0 Å². The van der Waals surface area contributed by atoms with Gasteiger partial charge in [0, 0.05) is 0 Å². The lowest BCUT2D eigenvalue weighted by molar-refractivity contribution is -0.125. The first-order chi connectivity index (χ1) is 6.90. The van der Waals surface area contributed by atoms with Crippen LogP contribution >= 0.6 is 0 Å². The first-order valence-electron chi connectivity index (χ1n) is 4.97. The predicted octanol–water partition coefficient (Wildman–Crippen LogP) is 1.85. The maximum absolute atomic E-state index is 12.4. The van der Waals surface area contributed by atoms with E-state index < -0.39 is 18.9 Å². The van der Waals surface area contributed by atoms with Crippen LogP contribution in [0, 0.1) is 5.92 Å². The van der Waals surface area contributed by atoms with Gasteiger partial charge >= 0.3 is 12.3 Å². The molecule has 0 saturated carbocycles. The van der Waals surface area contributed by atoms with E-state index in [1.54, 1.807) is 0 Å². The lowest BCUT2D eigenvalue weighted by atomic mass is 10.1. The van der Waals surface area contributed by atoms with Gasteiger partial charge in [-0.3, -0.25) is 0 Å². The van der Waals surface area contributed by atoms with Crippen molar-refractivity contribution < 1.29 is 17.6 Å². The van der Waals surface area contributed by atoms with Crippen LogP contribution in [-0.4, -0.2) is 32.0 Å². The molecule has 0 aliphatic carbocycles. The Balaban J connectivity index is 3.60. The Morgan fingerprint density at radius 3 is 2.40 bits per heavy atom. The highest BCUT2D eigenvalue weighted by molar-refractivity contribution is 4.72. The van der Waals surface area contributed by atoms with E-state index in [0.29, 0.717) is 13.1 Å². The summed E-state index contributed by atoms with van der Waals surface area (Å²) in [4.78, 5) is 0. The van der Waals surface area contributed by atoms with Crippen LogP contribution in [0.25, 0.3) is 0 Å². The van der Waals surface area contributed by atoms with Gasteiger partial charge in [0.15, 0.2) is 0 Å². The first kappa shape index (κ1) is 14.6. The molecule has 0 aliphatic rings. The van der Waals surface area contributed by atoms with Crippen molar-refractivity contribution in [1.29, 1.82) is 0 Å². The van der Waals surface area contributed by atoms with Crippen molar-refractivity contribution in [2.45, 2.75) is 32.1 Å². The maximum Gasteiger partial charge on any atom is 0.319 e. The second-order valence-corrected chi connectivity index (χ2v) is 3.73. The summed E-state index contributed by atoms with van der Waals surface area (Å²) in [6, 6.07) is 0. The average Bonchev–Trinajstić information content (AvgIpc) is 2.14. The van der Waals surface area contributed by atoms with Crippen LogP contribution in [0.3, 0.4) is 0 Å². The highest BCUT2D eigenvalue weighted by Gasteiger charge is 2.39. The van der Waals surface area contributed by atoms with Gasteiger partial charge in [0.2, 0.25) is 0 Å². The van der Waals surface area contributed by atoms with Crippen LogP contribution < -0.4 is 11.1 Å². The van der Waals surface area contributed by atoms with Crippen molar-refractivity contribution in [1.82, 2.24) is 5.32 Å². The Kier molecular flexibility index (Phi) is 6.84. The molecule has 0 saturated heterocycles. The highest BCUT2D eigenvalue weighted by Crippen LogP contribution is 2.21. The number of rotatable bonds is 8. The number of halogens is 4. The van der Waals surface area contributed by atoms with Crippen LogP contribution in [0.1, 0.15) is 19.8 Å². The lowest BCUT2D eigenvalue weighted by Gasteiger charge is -2.17. The van der Waals surface area contributed by atoms with E-state index in [0.717, 1.165) is 12.8 Å². The smallest absolute Gasteiger partial charge is 0.319 e. The number of hydrogen-bond donors (Lipinski definition) is 2. The molecule has 2 nitrogen and oxygen atoms in total. The van der Waals surface area contributed by atoms with Gasteiger partial charge in [0.25, 0.3) is 0 Å². The SMILES string of the molecule is CC(CCCN)CNCC(F)(F)C(F)F. The molecule has 0 amide bonds. The Morgan fingerprint density at radius 1 is 1.33 bits per heavy atom. The molecular weight excluding hydrogens is 212 g/mol. The van der Waals surface area contributed by atoms with Crippen molar-refractivity contribution in [3.63, 3.8) is 0 Å². The topological polar surface area (TPSA) is 38.0 Å². The molecule has 15 heavy (non-hydrogen) atoms. The van der Waals surface area contributed by atoms with Crippen molar-refractivity contribution in [3.8, 4) is 0 Å². The third-order valence-electron chi connectivity index (χ3n) is 2.07. The molecule has 92 valence electrons. The van der Waals surface area contributed by atoms with Gasteiger partial charge in [-0.2, -0.15) is 8.78 Å². The molecule has 0 radical (unpaired) electrons. The summed E-state index contributed by atoms with van der Waals surface area (Å²) in [6.45, 7) is 1.75. The Bertz CT molecular complexity index is 164. The van der Waals surface area contributed by atoms with Gasteiger partial charge < -0.3 is 11.1 Å². The summed E-state index contributed by atoms with van der Waals surface area (Å²) >= 11 is 0. The fourth-order valence-corrected chi connectivity index (χ4v) is 1.13. The molecule has 1 atom stereocenters. The third kappa shape index (κ3) is 6.67. The molecule has 0 aromatic heterocycles. The minimum absolute atomic E-state index is 0.169. The van der Waals surface area contributed by atoms with Crippen LogP contribution in [0.5, 0.6) is 0 Å². The van der Waals surface area contributed by atoms with Gasteiger partial charge in [-0.05, 0) is 31.8 Å². The van der Waals surface area contributed by atoms with E-state index >= 15 is 0 Å². The molecular formula is C9H18F4N2. The summed E-state index contributed by atoms with van der Waals surface area (Å²) in [5, 5.41) is 2.34. The molecule has 0 fully saturated rings. The van der Waals surface area contributed by atoms with Gasteiger partial charge in [-0.1, -0.05) is 6.92 Å². The van der Waals surface area contributed by atoms with Crippen molar-refractivity contribution in [2.75, 3.05) is 19.6 Å². The Labute approximate surface area is 87.2 Å². The largest absolute Gasteiger partial charge is 0.330 e. The fraction of sp³-hybridized carbons (Fsp3) is 1.00.